The number of halogens is 1. The minimum absolute atomic E-state index is 0.0471. The molecule has 0 saturated carbocycles. The third kappa shape index (κ3) is 5.96. The molecule has 2 saturated heterocycles. The van der Waals surface area contributed by atoms with Crippen LogP contribution in [-0.4, -0.2) is 78.7 Å². The average Bonchev–Trinajstić information content (AvgIpc) is 3.31. The minimum Gasteiger partial charge on any atom is -0.348 e. The summed E-state index contributed by atoms with van der Waals surface area (Å²) >= 11 is 6.02. The van der Waals surface area contributed by atoms with Gasteiger partial charge in [-0.1, -0.05) is 23.7 Å². The molecule has 10 nitrogen and oxygen atoms in total. The van der Waals surface area contributed by atoms with Crippen molar-refractivity contribution in [2.45, 2.75) is 49.2 Å². The fraction of sp³-hybridized carbons (Fsp3) is 0.357. The van der Waals surface area contributed by atoms with Crippen molar-refractivity contribution < 1.29 is 22.8 Å². The maximum Gasteiger partial charge on any atom is 0.251 e. The summed E-state index contributed by atoms with van der Waals surface area (Å²) in [5, 5.41) is 5.04. The number of nitrogens with zero attached hydrogens (tertiary/aromatic N) is 3. The zero-order valence-electron chi connectivity index (χ0n) is 21.9. The molecule has 2 aliphatic rings. The SMILES string of the molecule is C[C@@H](C(=O)N1CCC[C@@H](NC(=O)c2ccncc2)C1)N1CC[C@H](NS(=O)(=O)c2ccc3cc(Cl)ccc3c2)C1=O. The number of carbonyl (C=O) groups is 3. The normalized spacial score (nSPS) is 20.5. The second-order valence-electron chi connectivity index (χ2n) is 10.2. The lowest BCUT2D eigenvalue weighted by atomic mass is 10.0. The number of pyridine rings is 1. The molecule has 0 bridgehead atoms. The van der Waals surface area contributed by atoms with Crippen LogP contribution < -0.4 is 10.0 Å². The largest absolute Gasteiger partial charge is 0.348 e. The number of hydrogen-bond acceptors (Lipinski definition) is 6. The minimum atomic E-state index is -3.98. The Morgan fingerprint density at radius 2 is 1.75 bits per heavy atom. The van der Waals surface area contributed by atoms with Gasteiger partial charge in [-0.25, -0.2) is 8.42 Å². The van der Waals surface area contributed by atoms with Gasteiger partial charge in [0, 0.05) is 48.7 Å². The summed E-state index contributed by atoms with van der Waals surface area (Å²) in [6, 6.07) is 11.2. The molecule has 210 valence electrons. The van der Waals surface area contributed by atoms with Crippen LogP contribution in [0.4, 0.5) is 0 Å². The first kappa shape index (κ1) is 28.0. The predicted octanol–water partition coefficient (Wildman–Crippen LogP) is 2.58. The Labute approximate surface area is 237 Å². The highest BCUT2D eigenvalue weighted by Gasteiger charge is 2.40. The van der Waals surface area contributed by atoms with Crippen LogP contribution in [0, 0.1) is 0 Å². The van der Waals surface area contributed by atoms with Gasteiger partial charge < -0.3 is 15.1 Å². The molecule has 2 fully saturated rings. The fourth-order valence-corrected chi connectivity index (χ4v) is 6.72. The Hall–Kier alpha value is -3.54. The second-order valence-corrected chi connectivity index (χ2v) is 12.3. The summed E-state index contributed by atoms with van der Waals surface area (Å²) in [4.78, 5) is 46.2. The number of likely N-dealkylation sites (tertiary alicyclic amines) is 2. The standard InChI is InChI=1S/C28H30ClN5O5S/c1-18(27(36)33-13-2-3-23(17-33)31-26(35)19-8-11-30-12-9-19)34-14-10-25(28(34)37)32-40(38,39)24-7-5-20-15-22(29)6-4-21(20)16-24/h4-9,11-12,15-16,18,23,25,32H,2-3,10,13-14,17H2,1H3,(H,31,35)/t18-,23+,25-/m0/s1. The molecule has 1 aromatic heterocycles. The number of hydrogen-bond donors (Lipinski definition) is 2. The Kier molecular flexibility index (Phi) is 8.07. The second kappa shape index (κ2) is 11.5. The van der Waals surface area contributed by atoms with Crippen molar-refractivity contribution in [3.8, 4) is 0 Å². The van der Waals surface area contributed by atoms with E-state index in [0.717, 1.165) is 11.8 Å². The van der Waals surface area contributed by atoms with E-state index in [2.05, 4.69) is 15.0 Å². The first-order valence-electron chi connectivity index (χ1n) is 13.1. The van der Waals surface area contributed by atoms with E-state index >= 15 is 0 Å². The first-order chi connectivity index (χ1) is 19.1. The van der Waals surface area contributed by atoms with Crippen molar-refractivity contribution in [1.29, 1.82) is 0 Å². The van der Waals surface area contributed by atoms with E-state index in [-0.39, 0.29) is 35.7 Å². The molecule has 40 heavy (non-hydrogen) atoms. The highest BCUT2D eigenvalue weighted by Crippen LogP contribution is 2.24. The third-order valence-corrected chi connectivity index (χ3v) is 9.16. The molecular formula is C28H30ClN5O5S. The van der Waals surface area contributed by atoms with Crippen LogP contribution in [0.15, 0.2) is 65.8 Å². The average molecular weight is 584 g/mol. The lowest BCUT2D eigenvalue weighted by Crippen LogP contribution is -2.55. The van der Waals surface area contributed by atoms with E-state index in [1.807, 2.05) is 0 Å². The molecule has 0 radical (unpaired) electrons. The van der Waals surface area contributed by atoms with Gasteiger partial charge in [0.1, 0.15) is 12.1 Å². The monoisotopic (exact) mass is 583 g/mol. The number of carbonyl (C=O) groups excluding carboxylic acids is 3. The van der Waals surface area contributed by atoms with Crippen LogP contribution in [-0.2, 0) is 19.6 Å². The summed E-state index contributed by atoms with van der Waals surface area (Å²) < 4.78 is 28.7. The molecule has 2 aromatic carbocycles. The molecular weight excluding hydrogens is 554 g/mol. The molecule has 0 aliphatic carbocycles. The summed E-state index contributed by atoms with van der Waals surface area (Å²) in [6.45, 7) is 2.78. The maximum absolute atomic E-state index is 13.4. The van der Waals surface area contributed by atoms with E-state index in [0.29, 0.717) is 35.5 Å². The summed E-state index contributed by atoms with van der Waals surface area (Å²) in [5.41, 5.74) is 0.496. The Morgan fingerprint density at radius 1 is 1.02 bits per heavy atom. The molecule has 0 spiro atoms. The summed E-state index contributed by atoms with van der Waals surface area (Å²) in [5.74, 6) is -0.890. The quantitative estimate of drug-likeness (QED) is 0.440. The van der Waals surface area contributed by atoms with Crippen molar-refractivity contribution in [3.05, 3.63) is 71.5 Å². The van der Waals surface area contributed by atoms with Crippen molar-refractivity contribution in [2.75, 3.05) is 19.6 Å². The number of piperidine rings is 1. The van der Waals surface area contributed by atoms with E-state index in [1.54, 1.807) is 60.6 Å². The van der Waals surface area contributed by atoms with Crippen molar-refractivity contribution in [3.63, 3.8) is 0 Å². The number of benzene rings is 2. The Morgan fingerprint density at radius 3 is 2.52 bits per heavy atom. The van der Waals surface area contributed by atoms with Crippen molar-refractivity contribution in [2.24, 2.45) is 0 Å². The zero-order valence-corrected chi connectivity index (χ0v) is 23.5. The first-order valence-corrected chi connectivity index (χ1v) is 15.0. The van der Waals surface area contributed by atoms with Crippen LogP contribution in [0.25, 0.3) is 10.8 Å². The highest BCUT2D eigenvalue weighted by molar-refractivity contribution is 7.89. The van der Waals surface area contributed by atoms with Crippen LogP contribution >= 0.6 is 11.6 Å². The van der Waals surface area contributed by atoms with Crippen molar-refractivity contribution in [1.82, 2.24) is 24.8 Å². The predicted molar refractivity (Wildman–Crippen MR) is 150 cm³/mol. The van der Waals surface area contributed by atoms with Gasteiger partial charge in [0.2, 0.25) is 21.8 Å². The van der Waals surface area contributed by atoms with Crippen LogP contribution in [0.3, 0.4) is 0 Å². The molecule has 0 unspecified atom stereocenters. The molecule has 12 heteroatoms. The van der Waals surface area contributed by atoms with Gasteiger partial charge in [-0.3, -0.25) is 19.4 Å². The van der Waals surface area contributed by atoms with Crippen LogP contribution in [0.1, 0.15) is 36.5 Å². The third-order valence-electron chi connectivity index (χ3n) is 7.46. The van der Waals surface area contributed by atoms with Gasteiger partial charge in [-0.2, -0.15) is 4.72 Å². The van der Waals surface area contributed by atoms with Crippen LogP contribution in [0.2, 0.25) is 5.02 Å². The van der Waals surface area contributed by atoms with E-state index < -0.39 is 28.0 Å². The van der Waals surface area contributed by atoms with E-state index in [4.69, 9.17) is 11.6 Å². The van der Waals surface area contributed by atoms with Gasteiger partial charge in [0.15, 0.2) is 0 Å². The van der Waals surface area contributed by atoms with Gasteiger partial charge in [0.25, 0.3) is 5.91 Å². The van der Waals surface area contributed by atoms with Crippen molar-refractivity contribution >= 4 is 50.1 Å². The molecule has 2 aliphatic heterocycles. The number of rotatable bonds is 7. The van der Waals surface area contributed by atoms with E-state index in [9.17, 15) is 22.8 Å². The number of fused-ring (bicyclic) bond motifs is 1. The molecule has 3 aromatic rings. The lowest BCUT2D eigenvalue weighted by molar-refractivity contribution is -0.144. The molecule has 5 rings (SSSR count). The highest BCUT2D eigenvalue weighted by atomic mass is 35.5. The van der Waals surface area contributed by atoms with Gasteiger partial charge in [0.05, 0.1) is 4.90 Å². The zero-order chi connectivity index (χ0) is 28.4. The van der Waals surface area contributed by atoms with Crippen LogP contribution in [0.5, 0.6) is 0 Å². The molecule has 2 N–H and O–H groups in total. The number of aromatic nitrogens is 1. The Bertz CT molecular complexity index is 1550. The van der Waals surface area contributed by atoms with Gasteiger partial charge in [-0.15, -0.1) is 0 Å². The fourth-order valence-electron chi connectivity index (χ4n) is 5.28. The molecule has 3 atom stereocenters. The summed E-state index contributed by atoms with van der Waals surface area (Å²) in [6.07, 6.45) is 4.80. The van der Waals surface area contributed by atoms with E-state index in [1.165, 1.54) is 17.0 Å². The molecule has 3 heterocycles. The maximum atomic E-state index is 13.4. The number of amides is 3. The topological polar surface area (TPSA) is 129 Å². The van der Waals surface area contributed by atoms with Gasteiger partial charge >= 0.3 is 0 Å². The van der Waals surface area contributed by atoms with Gasteiger partial charge in [-0.05, 0) is 73.4 Å². The summed E-state index contributed by atoms with van der Waals surface area (Å²) in [7, 11) is -3.98. The number of sulfonamides is 1. The molecule has 3 amide bonds. The number of nitrogens with one attached hydrogen (secondary N) is 2. The Balaban J connectivity index is 1.20. The lowest BCUT2D eigenvalue weighted by Gasteiger charge is -2.36. The smallest absolute Gasteiger partial charge is 0.251 e.